The highest BCUT2D eigenvalue weighted by molar-refractivity contribution is 5.76. The molecule has 0 aromatic heterocycles. The molecule has 6 heteroatoms. The van der Waals surface area contributed by atoms with E-state index in [0.29, 0.717) is 32.4 Å². The van der Waals surface area contributed by atoms with Crippen molar-refractivity contribution >= 4 is 11.8 Å². The minimum absolute atomic E-state index is 0.147. The zero-order valence-corrected chi connectivity index (χ0v) is 33.3. The lowest BCUT2D eigenvalue weighted by Gasteiger charge is -2.22. The van der Waals surface area contributed by atoms with E-state index in [4.69, 9.17) is 0 Å². The number of hydrogen-bond donors (Lipinski definition) is 3. The second-order valence-electron chi connectivity index (χ2n) is 15.0. The van der Waals surface area contributed by atoms with Crippen molar-refractivity contribution in [1.82, 2.24) is 15.5 Å². The second kappa shape index (κ2) is 41.3. The van der Waals surface area contributed by atoms with E-state index in [0.717, 1.165) is 45.3 Å². The van der Waals surface area contributed by atoms with E-state index in [-0.39, 0.29) is 18.4 Å². The average Bonchev–Trinajstić information content (AvgIpc) is 3.10. The van der Waals surface area contributed by atoms with Gasteiger partial charge in [0.2, 0.25) is 11.8 Å². The van der Waals surface area contributed by atoms with Crippen LogP contribution in [0.2, 0.25) is 0 Å². The lowest BCUT2D eigenvalue weighted by molar-refractivity contribution is -0.121. The Morgan fingerprint density at radius 1 is 0.388 bits per heavy atom. The van der Waals surface area contributed by atoms with E-state index in [1.54, 1.807) is 0 Å². The normalized spacial score (nSPS) is 11.4. The number of carbonyl (C=O) groups is 2. The molecule has 0 bridgehead atoms. The van der Waals surface area contributed by atoms with Gasteiger partial charge >= 0.3 is 0 Å². The molecule has 0 atom stereocenters. The summed E-state index contributed by atoms with van der Waals surface area (Å²) in [6, 6.07) is 0. The summed E-state index contributed by atoms with van der Waals surface area (Å²) in [6.45, 7) is 8.24. The van der Waals surface area contributed by atoms with E-state index < -0.39 is 0 Å². The second-order valence-corrected chi connectivity index (χ2v) is 15.0. The lowest BCUT2D eigenvalue weighted by atomic mass is 10.0. The fourth-order valence-corrected chi connectivity index (χ4v) is 6.83. The van der Waals surface area contributed by atoms with Crippen molar-refractivity contribution < 1.29 is 14.7 Å². The van der Waals surface area contributed by atoms with Crippen LogP contribution in [0.4, 0.5) is 0 Å². The van der Waals surface area contributed by atoms with Crippen LogP contribution in [0.1, 0.15) is 226 Å². The number of nitrogens with zero attached hydrogens (tertiary/aromatic N) is 1. The Hall–Kier alpha value is -1.14. The van der Waals surface area contributed by atoms with Crippen molar-refractivity contribution in [3.8, 4) is 0 Å². The highest BCUT2D eigenvalue weighted by atomic mass is 16.3. The summed E-state index contributed by atoms with van der Waals surface area (Å²) in [7, 11) is 0. The Morgan fingerprint density at radius 3 is 0.918 bits per heavy atom. The Morgan fingerprint density at radius 2 is 0.653 bits per heavy atom. The predicted octanol–water partition coefficient (Wildman–Crippen LogP) is 11.4. The van der Waals surface area contributed by atoms with Gasteiger partial charge in [-0.2, -0.15) is 0 Å². The fourth-order valence-electron chi connectivity index (χ4n) is 6.83. The average molecular weight is 694 g/mol. The molecule has 0 radical (unpaired) electrons. The Kier molecular flexibility index (Phi) is 40.3. The van der Waals surface area contributed by atoms with Gasteiger partial charge in [-0.25, -0.2) is 0 Å². The van der Waals surface area contributed by atoms with Gasteiger partial charge in [0.15, 0.2) is 0 Å². The number of rotatable bonds is 41. The molecule has 49 heavy (non-hydrogen) atoms. The molecule has 0 aromatic carbocycles. The maximum atomic E-state index is 12.3. The van der Waals surface area contributed by atoms with E-state index >= 15 is 0 Å². The minimum atomic E-state index is 0.147. The molecular weight excluding hydrogens is 606 g/mol. The van der Waals surface area contributed by atoms with Crippen LogP contribution >= 0.6 is 0 Å². The molecule has 0 saturated carbocycles. The maximum Gasteiger partial charge on any atom is 0.220 e. The molecule has 0 aliphatic heterocycles. The summed E-state index contributed by atoms with van der Waals surface area (Å²) < 4.78 is 0. The van der Waals surface area contributed by atoms with Gasteiger partial charge in [0.05, 0.1) is 0 Å². The molecular formula is C43H87N3O3. The standard InChI is InChI=1S/C43H87N3O3/c1-3-5-7-9-11-13-15-17-19-21-23-25-27-29-31-34-42(48)44-36-39-46(38-33-41-47)40-37-45-43(49)35-32-30-28-26-24-22-20-18-16-14-12-10-8-6-4-2/h47H,3-41H2,1-2H3,(H,44,48)(H,45,49). The molecule has 2 amide bonds. The Labute approximate surface area is 306 Å². The zero-order chi connectivity index (χ0) is 35.7. The van der Waals surface area contributed by atoms with Crippen LogP contribution in [-0.4, -0.2) is 61.2 Å². The van der Waals surface area contributed by atoms with Crippen LogP contribution in [0.25, 0.3) is 0 Å². The predicted molar refractivity (Wildman–Crippen MR) is 213 cm³/mol. The first-order valence-electron chi connectivity index (χ1n) is 22.0. The maximum absolute atomic E-state index is 12.3. The van der Waals surface area contributed by atoms with Crippen LogP contribution in [0.15, 0.2) is 0 Å². The molecule has 3 N–H and O–H groups in total. The van der Waals surface area contributed by atoms with Gasteiger partial charge in [0.25, 0.3) is 0 Å². The highest BCUT2D eigenvalue weighted by Crippen LogP contribution is 2.15. The van der Waals surface area contributed by atoms with Gasteiger partial charge in [-0.05, 0) is 19.3 Å². The van der Waals surface area contributed by atoms with E-state index in [1.807, 2.05) is 0 Å². The minimum Gasteiger partial charge on any atom is -0.396 e. The zero-order valence-electron chi connectivity index (χ0n) is 33.3. The monoisotopic (exact) mass is 694 g/mol. The number of carbonyl (C=O) groups excluding carboxylic acids is 2. The molecule has 0 fully saturated rings. The fraction of sp³-hybridized carbons (Fsp3) is 0.953. The number of nitrogens with one attached hydrogen (secondary N) is 2. The smallest absolute Gasteiger partial charge is 0.220 e. The number of amides is 2. The molecule has 0 aliphatic rings. The summed E-state index contributed by atoms with van der Waals surface area (Å²) in [6.07, 6.45) is 41.9. The molecule has 0 unspecified atom stereocenters. The van der Waals surface area contributed by atoms with Crippen molar-refractivity contribution in [2.75, 3.05) is 39.3 Å². The van der Waals surface area contributed by atoms with E-state index in [9.17, 15) is 14.7 Å². The SMILES string of the molecule is CCCCCCCCCCCCCCCCCC(=O)NCCN(CCCO)CCNC(=O)CCCCCCCCCCCCCCCCC. The third-order valence-corrected chi connectivity index (χ3v) is 10.1. The van der Waals surface area contributed by atoms with Crippen molar-refractivity contribution in [3.63, 3.8) is 0 Å². The Bertz CT molecular complexity index is 623. The van der Waals surface area contributed by atoms with Gasteiger partial charge in [-0.1, -0.05) is 194 Å². The van der Waals surface area contributed by atoms with Crippen molar-refractivity contribution in [2.24, 2.45) is 0 Å². The van der Waals surface area contributed by atoms with Gasteiger partial charge in [-0.3, -0.25) is 14.5 Å². The first-order chi connectivity index (χ1) is 24.1. The third-order valence-electron chi connectivity index (χ3n) is 10.1. The summed E-state index contributed by atoms with van der Waals surface area (Å²) in [5.41, 5.74) is 0. The van der Waals surface area contributed by atoms with Crippen molar-refractivity contribution in [1.29, 1.82) is 0 Å². The molecule has 292 valence electrons. The van der Waals surface area contributed by atoms with E-state index in [2.05, 4.69) is 29.4 Å². The summed E-state index contributed by atoms with van der Waals surface area (Å²) >= 11 is 0. The first kappa shape index (κ1) is 47.9. The molecule has 0 aromatic rings. The van der Waals surface area contributed by atoms with Crippen LogP contribution in [-0.2, 0) is 9.59 Å². The van der Waals surface area contributed by atoms with Gasteiger partial charge in [0.1, 0.15) is 0 Å². The van der Waals surface area contributed by atoms with Crippen LogP contribution in [0.3, 0.4) is 0 Å². The molecule has 0 rings (SSSR count). The van der Waals surface area contributed by atoms with Gasteiger partial charge in [-0.15, -0.1) is 0 Å². The van der Waals surface area contributed by atoms with Crippen LogP contribution in [0, 0.1) is 0 Å². The first-order valence-corrected chi connectivity index (χ1v) is 22.0. The number of aliphatic hydroxyl groups excluding tert-OH is 1. The number of unbranched alkanes of at least 4 members (excludes halogenated alkanes) is 28. The number of hydrogen-bond acceptors (Lipinski definition) is 4. The quantitative estimate of drug-likeness (QED) is 0.0557. The third kappa shape index (κ3) is 39.5. The largest absolute Gasteiger partial charge is 0.396 e. The van der Waals surface area contributed by atoms with Crippen LogP contribution < -0.4 is 10.6 Å². The molecule has 0 aliphatic carbocycles. The highest BCUT2D eigenvalue weighted by Gasteiger charge is 2.08. The topological polar surface area (TPSA) is 81.7 Å². The van der Waals surface area contributed by atoms with Gasteiger partial charge < -0.3 is 15.7 Å². The summed E-state index contributed by atoms with van der Waals surface area (Å²) in [4.78, 5) is 26.9. The lowest BCUT2D eigenvalue weighted by Crippen LogP contribution is -2.40. The number of aliphatic hydroxyl groups is 1. The molecule has 6 nitrogen and oxygen atoms in total. The van der Waals surface area contributed by atoms with Crippen molar-refractivity contribution in [2.45, 2.75) is 226 Å². The van der Waals surface area contributed by atoms with E-state index in [1.165, 1.54) is 167 Å². The molecule has 0 heterocycles. The van der Waals surface area contributed by atoms with Crippen LogP contribution in [0.5, 0.6) is 0 Å². The van der Waals surface area contributed by atoms with Gasteiger partial charge in [0, 0.05) is 52.2 Å². The van der Waals surface area contributed by atoms with Crippen molar-refractivity contribution in [3.05, 3.63) is 0 Å². The summed E-state index contributed by atoms with van der Waals surface area (Å²) in [5.74, 6) is 0.294. The summed E-state index contributed by atoms with van der Waals surface area (Å²) in [5, 5.41) is 15.5. The molecule has 0 saturated heterocycles. The molecule has 0 spiro atoms. The Balaban J connectivity index is 3.64.